The average molecular weight is 340 g/mol. The van der Waals surface area contributed by atoms with Gasteiger partial charge in [0.25, 0.3) is 0 Å². The first kappa shape index (κ1) is 17.2. The van der Waals surface area contributed by atoms with Gasteiger partial charge in [-0.3, -0.25) is 14.3 Å². The minimum atomic E-state index is -0.353. The number of amides is 2. The van der Waals surface area contributed by atoms with Gasteiger partial charge in [0.1, 0.15) is 0 Å². The fourth-order valence-corrected chi connectivity index (χ4v) is 3.07. The Bertz CT molecular complexity index is 751. The van der Waals surface area contributed by atoms with Crippen molar-refractivity contribution >= 4 is 23.3 Å². The standard InChI is InChI=1S/C19H24N4O2/c1-3-4-5-14-6-8-16(9-7-14)23-13-15(12-18(23)24)19(25)20-17-10-11-22(2)21-17/h6-11,15H,3-5,12-13H2,1-2H3,(H,20,21,25)/t15-/m0/s1. The van der Waals surface area contributed by atoms with Crippen molar-refractivity contribution in [3.8, 4) is 0 Å². The van der Waals surface area contributed by atoms with E-state index in [1.165, 1.54) is 12.0 Å². The maximum absolute atomic E-state index is 12.4. The predicted octanol–water partition coefficient (Wildman–Crippen LogP) is 2.75. The molecule has 132 valence electrons. The van der Waals surface area contributed by atoms with Crippen LogP contribution < -0.4 is 10.2 Å². The Hall–Kier alpha value is -2.63. The summed E-state index contributed by atoms with van der Waals surface area (Å²) in [6, 6.07) is 9.82. The summed E-state index contributed by atoms with van der Waals surface area (Å²) in [7, 11) is 1.79. The number of benzene rings is 1. The number of carbonyl (C=O) groups is 2. The molecule has 2 heterocycles. The first-order valence-corrected chi connectivity index (χ1v) is 8.76. The molecule has 6 heteroatoms. The molecule has 0 bridgehead atoms. The monoisotopic (exact) mass is 340 g/mol. The topological polar surface area (TPSA) is 67.2 Å². The molecular formula is C19H24N4O2. The maximum atomic E-state index is 12.4. The molecule has 0 spiro atoms. The van der Waals surface area contributed by atoms with E-state index in [0.29, 0.717) is 12.4 Å². The molecule has 2 aromatic rings. The van der Waals surface area contributed by atoms with E-state index >= 15 is 0 Å². The molecule has 1 aliphatic heterocycles. The number of anilines is 2. The van der Waals surface area contributed by atoms with Crippen LogP contribution in [0, 0.1) is 5.92 Å². The van der Waals surface area contributed by atoms with Crippen LogP contribution in [0.2, 0.25) is 0 Å². The zero-order valence-corrected chi connectivity index (χ0v) is 14.7. The lowest BCUT2D eigenvalue weighted by Crippen LogP contribution is -2.28. The number of carbonyl (C=O) groups excluding carboxylic acids is 2. The summed E-state index contributed by atoms with van der Waals surface area (Å²) >= 11 is 0. The fraction of sp³-hybridized carbons (Fsp3) is 0.421. The zero-order valence-electron chi connectivity index (χ0n) is 14.7. The molecule has 1 aromatic carbocycles. The number of aromatic nitrogens is 2. The Balaban J connectivity index is 1.62. The Morgan fingerprint density at radius 1 is 1.28 bits per heavy atom. The first-order chi connectivity index (χ1) is 12.1. The number of aryl methyl sites for hydroxylation is 2. The lowest BCUT2D eigenvalue weighted by Gasteiger charge is -2.17. The highest BCUT2D eigenvalue weighted by Gasteiger charge is 2.35. The Morgan fingerprint density at radius 3 is 2.68 bits per heavy atom. The van der Waals surface area contributed by atoms with Crippen molar-refractivity contribution < 1.29 is 9.59 Å². The molecule has 1 aliphatic rings. The van der Waals surface area contributed by atoms with Crippen molar-refractivity contribution in [2.45, 2.75) is 32.6 Å². The van der Waals surface area contributed by atoms with Crippen LogP contribution in [0.1, 0.15) is 31.7 Å². The summed E-state index contributed by atoms with van der Waals surface area (Å²) in [4.78, 5) is 26.4. The van der Waals surface area contributed by atoms with E-state index in [1.807, 2.05) is 12.1 Å². The summed E-state index contributed by atoms with van der Waals surface area (Å²) in [5.74, 6) is -0.00968. The van der Waals surface area contributed by atoms with Crippen LogP contribution in [-0.2, 0) is 23.1 Å². The molecule has 0 saturated carbocycles. The van der Waals surface area contributed by atoms with E-state index in [1.54, 1.807) is 28.9 Å². The molecule has 0 aliphatic carbocycles. The van der Waals surface area contributed by atoms with Crippen LogP contribution in [0.5, 0.6) is 0 Å². The molecule has 3 rings (SSSR count). The summed E-state index contributed by atoms with van der Waals surface area (Å²) in [5.41, 5.74) is 2.14. The zero-order chi connectivity index (χ0) is 17.8. The Morgan fingerprint density at radius 2 is 2.04 bits per heavy atom. The van der Waals surface area contributed by atoms with E-state index in [4.69, 9.17) is 0 Å². The molecule has 6 nitrogen and oxygen atoms in total. The van der Waals surface area contributed by atoms with Crippen molar-refractivity contribution in [2.75, 3.05) is 16.8 Å². The molecule has 1 aromatic heterocycles. The van der Waals surface area contributed by atoms with Gasteiger partial charge in [-0.25, -0.2) is 0 Å². The van der Waals surface area contributed by atoms with E-state index in [-0.39, 0.29) is 24.2 Å². The van der Waals surface area contributed by atoms with Gasteiger partial charge in [-0.1, -0.05) is 25.5 Å². The van der Waals surface area contributed by atoms with Crippen molar-refractivity contribution in [3.63, 3.8) is 0 Å². The van der Waals surface area contributed by atoms with Gasteiger partial charge in [0.2, 0.25) is 11.8 Å². The minimum absolute atomic E-state index is 0.0116. The average Bonchev–Trinajstić information content (AvgIpc) is 3.19. The quantitative estimate of drug-likeness (QED) is 0.879. The van der Waals surface area contributed by atoms with Gasteiger partial charge >= 0.3 is 0 Å². The maximum Gasteiger partial charge on any atom is 0.231 e. The number of hydrogen-bond acceptors (Lipinski definition) is 3. The highest BCUT2D eigenvalue weighted by atomic mass is 16.2. The van der Waals surface area contributed by atoms with Crippen LogP contribution in [0.4, 0.5) is 11.5 Å². The molecule has 1 saturated heterocycles. The SMILES string of the molecule is CCCCc1ccc(N2C[C@@H](C(=O)Nc3ccn(C)n3)CC2=O)cc1. The van der Waals surface area contributed by atoms with Crippen LogP contribution in [0.25, 0.3) is 0 Å². The normalized spacial score (nSPS) is 17.1. The summed E-state index contributed by atoms with van der Waals surface area (Å²) in [6.07, 6.45) is 5.38. The molecule has 1 atom stereocenters. The molecule has 25 heavy (non-hydrogen) atoms. The fourth-order valence-electron chi connectivity index (χ4n) is 3.07. The number of hydrogen-bond donors (Lipinski definition) is 1. The van der Waals surface area contributed by atoms with Gasteiger partial charge in [-0.2, -0.15) is 5.10 Å². The highest BCUT2D eigenvalue weighted by Crippen LogP contribution is 2.26. The summed E-state index contributed by atoms with van der Waals surface area (Å²) in [5, 5.41) is 6.92. The lowest BCUT2D eigenvalue weighted by atomic mass is 10.1. The third-order valence-electron chi connectivity index (χ3n) is 4.53. The summed E-state index contributed by atoms with van der Waals surface area (Å²) < 4.78 is 1.63. The second-order valence-electron chi connectivity index (χ2n) is 6.54. The number of unbranched alkanes of at least 4 members (excludes halogenated alkanes) is 1. The van der Waals surface area contributed by atoms with E-state index < -0.39 is 0 Å². The van der Waals surface area contributed by atoms with Gasteiger partial charge in [0.05, 0.1) is 5.92 Å². The Labute approximate surface area is 147 Å². The molecule has 2 amide bonds. The third kappa shape index (κ3) is 4.07. The van der Waals surface area contributed by atoms with Gasteiger partial charge in [0, 0.05) is 38.0 Å². The molecule has 0 unspecified atom stereocenters. The molecule has 1 fully saturated rings. The van der Waals surface area contributed by atoms with Crippen molar-refractivity contribution in [1.82, 2.24) is 9.78 Å². The van der Waals surface area contributed by atoms with E-state index in [9.17, 15) is 9.59 Å². The van der Waals surface area contributed by atoms with Crippen molar-refractivity contribution in [2.24, 2.45) is 13.0 Å². The van der Waals surface area contributed by atoms with Crippen molar-refractivity contribution in [3.05, 3.63) is 42.1 Å². The third-order valence-corrected chi connectivity index (χ3v) is 4.53. The van der Waals surface area contributed by atoms with Gasteiger partial charge in [-0.15, -0.1) is 0 Å². The van der Waals surface area contributed by atoms with Gasteiger partial charge in [0.15, 0.2) is 5.82 Å². The predicted molar refractivity (Wildman–Crippen MR) is 97.4 cm³/mol. The van der Waals surface area contributed by atoms with Crippen LogP contribution in [-0.4, -0.2) is 28.1 Å². The minimum Gasteiger partial charge on any atom is -0.312 e. The number of nitrogens with zero attached hydrogens (tertiary/aromatic N) is 3. The largest absolute Gasteiger partial charge is 0.312 e. The van der Waals surface area contributed by atoms with Crippen LogP contribution >= 0.6 is 0 Å². The summed E-state index contributed by atoms with van der Waals surface area (Å²) in [6.45, 7) is 2.58. The lowest BCUT2D eigenvalue weighted by molar-refractivity contribution is -0.122. The molecular weight excluding hydrogens is 316 g/mol. The number of nitrogens with one attached hydrogen (secondary N) is 1. The second-order valence-corrected chi connectivity index (χ2v) is 6.54. The second kappa shape index (κ2) is 7.51. The van der Waals surface area contributed by atoms with Gasteiger partial charge < -0.3 is 10.2 Å². The smallest absolute Gasteiger partial charge is 0.231 e. The Kier molecular flexibility index (Phi) is 5.16. The van der Waals surface area contributed by atoms with Crippen LogP contribution in [0.15, 0.2) is 36.5 Å². The van der Waals surface area contributed by atoms with E-state index in [0.717, 1.165) is 18.5 Å². The molecule has 1 N–H and O–H groups in total. The highest BCUT2D eigenvalue weighted by molar-refractivity contribution is 6.03. The van der Waals surface area contributed by atoms with Gasteiger partial charge in [-0.05, 0) is 30.5 Å². The van der Waals surface area contributed by atoms with Crippen LogP contribution in [0.3, 0.4) is 0 Å². The van der Waals surface area contributed by atoms with Crippen molar-refractivity contribution in [1.29, 1.82) is 0 Å². The van der Waals surface area contributed by atoms with E-state index in [2.05, 4.69) is 29.5 Å². The molecule has 0 radical (unpaired) electrons. The first-order valence-electron chi connectivity index (χ1n) is 8.76. The number of rotatable bonds is 6.